The lowest BCUT2D eigenvalue weighted by Gasteiger charge is -1.92. The van der Waals surface area contributed by atoms with Gasteiger partial charge in [0.1, 0.15) is 0 Å². The van der Waals surface area contributed by atoms with Crippen molar-refractivity contribution in [2.75, 3.05) is 6.54 Å². The highest BCUT2D eigenvalue weighted by molar-refractivity contribution is 5.67. The Hall–Kier alpha value is -1.42. The van der Waals surface area contributed by atoms with Crippen molar-refractivity contribution in [3.05, 3.63) is 23.7 Å². The summed E-state index contributed by atoms with van der Waals surface area (Å²) < 4.78 is 5.56. The second kappa shape index (κ2) is 4.40. The van der Waals surface area contributed by atoms with Crippen LogP contribution in [0.15, 0.2) is 16.5 Å². The molecular weight excluding hydrogens is 190 g/mol. The van der Waals surface area contributed by atoms with Crippen LogP contribution in [0.1, 0.15) is 24.4 Å². The number of pyridine rings is 1. The number of fused-ring (bicyclic) bond motifs is 1. The quantitative estimate of drug-likeness (QED) is 0.773. The van der Waals surface area contributed by atoms with Gasteiger partial charge in [0.15, 0.2) is 17.1 Å². The lowest BCUT2D eigenvalue weighted by atomic mass is 10.2. The van der Waals surface area contributed by atoms with Crippen molar-refractivity contribution in [1.82, 2.24) is 9.97 Å². The summed E-state index contributed by atoms with van der Waals surface area (Å²) in [7, 11) is 0. The third kappa shape index (κ3) is 2.33. The highest BCUT2D eigenvalue weighted by Crippen LogP contribution is 2.15. The van der Waals surface area contributed by atoms with E-state index in [1.54, 1.807) is 0 Å². The molecule has 80 valence electrons. The first-order valence-corrected chi connectivity index (χ1v) is 5.23. The Bertz CT molecular complexity index is 450. The third-order valence-electron chi connectivity index (χ3n) is 2.28. The molecule has 2 N–H and O–H groups in total. The number of aryl methyl sites for hydroxylation is 2. The van der Waals surface area contributed by atoms with E-state index < -0.39 is 0 Å². The largest absolute Gasteiger partial charge is 0.439 e. The molecule has 0 atom stereocenters. The Labute approximate surface area is 88.5 Å². The van der Waals surface area contributed by atoms with Crippen molar-refractivity contribution in [2.24, 2.45) is 5.73 Å². The van der Waals surface area contributed by atoms with Crippen molar-refractivity contribution >= 4 is 11.2 Å². The molecule has 0 saturated carbocycles. The van der Waals surface area contributed by atoms with Crippen LogP contribution in [0.3, 0.4) is 0 Å². The van der Waals surface area contributed by atoms with Gasteiger partial charge in [-0.05, 0) is 38.4 Å². The van der Waals surface area contributed by atoms with Crippen molar-refractivity contribution < 1.29 is 4.42 Å². The van der Waals surface area contributed by atoms with Gasteiger partial charge in [0, 0.05) is 12.1 Å². The van der Waals surface area contributed by atoms with E-state index in [9.17, 15) is 0 Å². The van der Waals surface area contributed by atoms with Crippen molar-refractivity contribution in [3.8, 4) is 0 Å². The summed E-state index contributed by atoms with van der Waals surface area (Å²) in [6.45, 7) is 2.67. The smallest absolute Gasteiger partial charge is 0.199 e. The van der Waals surface area contributed by atoms with E-state index in [2.05, 4.69) is 9.97 Å². The summed E-state index contributed by atoms with van der Waals surface area (Å²) in [5.41, 5.74) is 7.86. The zero-order valence-corrected chi connectivity index (χ0v) is 8.86. The second-order valence-corrected chi connectivity index (χ2v) is 3.63. The number of rotatable bonds is 4. The average molecular weight is 205 g/mol. The van der Waals surface area contributed by atoms with Crippen molar-refractivity contribution in [2.45, 2.75) is 26.2 Å². The standard InChI is InChI=1S/C11H15N3O/c1-8-5-6-9-11(13-8)14-10(15-9)4-2-3-7-12/h5-6H,2-4,7,12H2,1H3. The minimum Gasteiger partial charge on any atom is -0.439 e. The van der Waals surface area contributed by atoms with E-state index in [1.807, 2.05) is 19.1 Å². The molecule has 0 aromatic carbocycles. The van der Waals surface area contributed by atoms with Gasteiger partial charge in [0.05, 0.1) is 0 Å². The predicted molar refractivity (Wildman–Crippen MR) is 58.5 cm³/mol. The number of nitrogens with two attached hydrogens (primary N) is 1. The third-order valence-corrected chi connectivity index (χ3v) is 2.28. The maximum Gasteiger partial charge on any atom is 0.199 e. The van der Waals surface area contributed by atoms with E-state index in [1.165, 1.54) is 0 Å². The molecule has 0 amide bonds. The zero-order valence-electron chi connectivity index (χ0n) is 8.86. The Balaban J connectivity index is 2.16. The van der Waals surface area contributed by atoms with Gasteiger partial charge in [-0.25, -0.2) is 4.98 Å². The molecule has 2 heterocycles. The number of nitrogens with zero attached hydrogens (tertiary/aromatic N) is 2. The Morgan fingerprint density at radius 3 is 2.93 bits per heavy atom. The lowest BCUT2D eigenvalue weighted by Crippen LogP contribution is -1.98. The molecule has 0 aliphatic heterocycles. The van der Waals surface area contributed by atoms with Crippen LogP contribution in [-0.4, -0.2) is 16.5 Å². The summed E-state index contributed by atoms with van der Waals surface area (Å²) in [4.78, 5) is 8.62. The van der Waals surface area contributed by atoms with Crippen LogP contribution in [0, 0.1) is 6.92 Å². The SMILES string of the molecule is Cc1ccc2oc(CCCCN)nc2n1. The van der Waals surface area contributed by atoms with E-state index >= 15 is 0 Å². The monoisotopic (exact) mass is 205 g/mol. The molecule has 4 nitrogen and oxygen atoms in total. The molecule has 0 aliphatic rings. The molecule has 0 saturated heterocycles. The summed E-state index contributed by atoms with van der Waals surface area (Å²) in [5, 5.41) is 0. The molecule has 0 fully saturated rings. The number of hydrogen-bond donors (Lipinski definition) is 1. The number of unbranched alkanes of at least 4 members (excludes halogenated alkanes) is 1. The second-order valence-electron chi connectivity index (χ2n) is 3.63. The van der Waals surface area contributed by atoms with E-state index in [4.69, 9.17) is 10.2 Å². The number of hydrogen-bond acceptors (Lipinski definition) is 4. The van der Waals surface area contributed by atoms with Gasteiger partial charge in [-0.15, -0.1) is 0 Å². The Kier molecular flexibility index (Phi) is 2.97. The minimum absolute atomic E-state index is 0.706. The van der Waals surface area contributed by atoms with Gasteiger partial charge >= 0.3 is 0 Å². The van der Waals surface area contributed by atoms with Crippen molar-refractivity contribution in [3.63, 3.8) is 0 Å². The van der Waals surface area contributed by atoms with Gasteiger partial charge < -0.3 is 10.2 Å². The Morgan fingerprint density at radius 2 is 2.13 bits per heavy atom. The molecule has 15 heavy (non-hydrogen) atoms. The maximum absolute atomic E-state index is 5.56. The molecule has 0 unspecified atom stereocenters. The van der Waals surface area contributed by atoms with Crippen LogP contribution in [0.2, 0.25) is 0 Å². The number of aromatic nitrogens is 2. The molecule has 0 radical (unpaired) electrons. The van der Waals surface area contributed by atoms with E-state index in [0.717, 1.165) is 43.0 Å². The lowest BCUT2D eigenvalue weighted by molar-refractivity contribution is 0.515. The van der Waals surface area contributed by atoms with Gasteiger partial charge in [-0.2, -0.15) is 4.98 Å². The minimum atomic E-state index is 0.706. The van der Waals surface area contributed by atoms with Gasteiger partial charge in [-0.1, -0.05) is 0 Å². The molecule has 2 rings (SSSR count). The van der Waals surface area contributed by atoms with E-state index in [0.29, 0.717) is 5.65 Å². The molecule has 2 aromatic heterocycles. The Morgan fingerprint density at radius 1 is 1.27 bits per heavy atom. The van der Waals surface area contributed by atoms with Crippen LogP contribution in [0.25, 0.3) is 11.2 Å². The first-order chi connectivity index (χ1) is 7.29. The first-order valence-electron chi connectivity index (χ1n) is 5.23. The fraction of sp³-hybridized carbons (Fsp3) is 0.455. The molecular formula is C11H15N3O. The fourth-order valence-electron chi connectivity index (χ4n) is 1.49. The zero-order chi connectivity index (χ0) is 10.7. The van der Waals surface area contributed by atoms with Crippen LogP contribution in [-0.2, 0) is 6.42 Å². The molecule has 0 bridgehead atoms. The maximum atomic E-state index is 5.56. The van der Waals surface area contributed by atoms with Crippen LogP contribution in [0.5, 0.6) is 0 Å². The van der Waals surface area contributed by atoms with Crippen LogP contribution >= 0.6 is 0 Å². The molecule has 0 aliphatic carbocycles. The highest BCUT2D eigenvalue weighted by Gasteiger charge is 2.06. The molecule has 2 aromatic rings. The molecule has 0 spiro atoms. The first kappa shape index (κ1) is 10.1. The van der Waals surface area contributed by atoms with E-state index in [-0.39, 0.29) is 0 Å². The summed E-state index contributed by atoms with van der Waals surface area (Å²) >= 11 is 0. The fourth-order valence-corrected chi connectivity index (χ4v) is 1.49. The normalized spacial score (nSPS) is 11.1. The van der Waals surface area contributed by atoms with Crippen LogP contribution < -0.4 is 5.73 Å². The number of oxazole rings is 1. The van der Waals surface area contributed by atoms with Crippen molar-refractivity contribution in [1.29, 1.82) is 0 Å². The summed E-state index contributed by atoms with van der Waals surface area (Å²) in [6.07, 6.45) is 2.86. The highest BCUT2D eigenvalue weighted by atomic mass is 16.3. The van der Waals surface area contributed by atoms with Gasteiger partial charge in [0.25, 0.3) is 0 Å². The molecule has 4 heteroatoms. The summed E-state index contributed by atoms with van der Waals surface area (Å²) in [6, 6.07) is 3.84. The average Bonchev–Trinajstić information content (AvgIpc) is 2.60. The topological polar surface area (TPSA) is 64.9 Å². The van der Waals surface area contributed by atoms with Crippen LogP contribution in [0.4, 0.5) is 0 Å². The van der Waals surface area contributed by atoms with Gasteiger partial charge in [-0.3, -0.25) is 0 Å². The van der Waals surface area contributed by atoms with Gasteiger partial charge in [0.2, 0.25) is 0 Å². The predicted octanol–water partition coefficient (Wildman–Crippen LogP) is 1.81. The summed E-state index contributed by atoms with van der Waals surface area (Å²) in [5.74, 6) is 0.761.